The molecule has 10 heteroatoms. The molecule has 0 aliphatic carbocycles. The summed E-state index contributed by atoms with van der Waals surface area (Å²) in [6, 6.07) is 12.3. The number of sulfonamides is 1. The van der Waals surface area contributed by atoms with Gasteiger partial charge < -0.3 is 15.0 Å². The Morgan fingerprint density at radius 1 is 1.03 bits per heavy atom. The van der Waals surface area contributed by atoms with Crippen LogP contribution in [0.4, 0.5) is 5.69 Å². The Labute approximate surface area is 219 Å². The third-order valence-electron chi connectivity index (χ3n) is 6.09. The predicted octanol–water partition coefficient (Wildman–Crippen LogP) is 3.39. The minimum Gasteiger partial charge on any atom is -0.497 e. The minimum absolute atomic E-state index is 0.0769. The topological polar surface area (TPSA) is 113 Å². The van der Waals surface area contributed by atoms with Gasteiger partial charge in [0, 0.05) is 18.2 Å². The van der Waals surface area contributed by atoms with Gasteiger partial charge in [0.15, 0.2) is 5.78 Å². The van der Waals surface area contributed by atoms with Gasteiger partial charge >= 0.3 is 0 Å². The molecule has 0 fully saturated rings. The number of anilines is 1. The van der Waals surface area contributed by atoms with Gasteiger partial charge in [0.1, 0.15) is 18.3 Å². The summed E-state index contributed by atoms with van der Waals surface area (Å²) in [5, 5.41) is 2.93. The summed E-state index contributed by atoms with van der Waals surface area (Å²) in [6.45, 7) is 6.56. The lowest BCUT2D eigenvalue weighted by molar-refractivity contribution is -0.140. The summed E-state index contributed by atoms with van der Waals surface area (Å²) < 4.78 is 31.7. The number of benzene rings is 2. The Morgan fingerprint density at radius 3 is 2.27 bits per heavy atom. The molecular weight excluding hydrogens is 494 g/mol. The van der Waals surface area contributed by atoms with E-state index in [0.717, 1.165) is 22.5 Å². The van der Waals surface area contributed by atoms with Crippen LogP contribution < -0.4 is 14.4 Å². The molecule has 0 bridgehead atoms. The van der Waals surface area contributed by atoms with Crippen LogP contribution in [0.2, 0.25) is 0 Å². The molecule has 0 aromatic heterocycles. The van der Waals surface area contributed by atoms with Gasteiger partial charge in [-0.3, -0.25) is 18.7 Å². The van der Waals surface area contributed by atoms with E-state index in [-0.39, 0.29) is 30.0 Å². The van der Waals surface area contributed by atoms with E-state index in [9.17, 15) is 22.8 Å². The zero-order valence-corrected chi connectivity index (χ0v) is 23.2. The molecule has 2 aromatic rings. The summed E-state index contributed by atoms with van der Waals surface area (Å²) in [7, 11) is -2.36. The number of ether oxygens (including phenoxy) is 1. The first-order chi connectivity index (χ1) is 17.4. The molecule has 2 atom stereocenters. The minimum atomic E-state index is -3.89. The van der Waals surface area contributed by atoms with Crippen LogP contribution in [0.25, 0.3) is 0 Å². The highest BCUT2D eigenvalue weighted by atomic mass is 32.2. The maximum Gasteiger partial charge on any atom is 0.244 e. The zero-order chi connectivity index (χ0) is 27.8. The molecular formula is C27H37N3O6S. The van der Waals surface area contributed by atoms with E-state index in [0.29, 0.717) is 17.7 Å². The van der Waals surface area contributed by atoms with Crippen molar-refractivity contribution < 1.29 is 27.5 Å². The number of carbonyl (C=O) groups is 3. The molecule has 0 saturated heterocycles. The number of methoxy groups -OCH3 is 1. The first-order valence-electron chi connectivity index (χ1n) is 12.2. The van der Waals surface area contributed by atoms with Gasteiger partial charge in [-0.2, -0.15) is 0 Å². The highest BCUT2D eigenvalue weighted by molar-refractivity contribution is 7.92. The van der Waals surface area contributed by atoms with Crippen molar-refractivity contribution in [1.82, 2.24) is 10.2 Å². The van der Waals surface area contributed by atoms with E-state index in [2.05, 4.69) is 5.32 Å². The average molecular weight is 532 g/mol. The summed E-state index contributed by atoms with van der Waals surface area (Å²) in [5.74, 6) is -0.486. The van der Waals surface area contributed by atoms with Crippen LogP contribution in [0.15, 0.2) is 48.5 Å². The van der Waals surface area contributed by atoms with Crippen LogP contribution in [0.3, 0.4) is 0 Å². The van der Waals surface area contributed by atoms with Crippen molar-refractivity contribution >= 4 is 33.3 Å². The Balaban J connectivity index is 2.49. The Kier molecular flexibility index (Phi) is 10.7. The summed E-state index contributed by atoms with van der Waals surface area (Å²) in [6.07, 6.45) is 2.05. The highest BCUT2D eigenvalue weighted by Crippen LogP contribution is 2.22. The molecule has 37 heavy (non-hydrogen) atoms. The molecule has 0 unspecified atom stereocenters. The molecule has 0 heterocycles. The van der Waals surface area contributed by atoms with E-state index in [1.54, 1.807) is 37.3 Å². The molecule has 2 aromatic carbocycles. The lowest BCUT2D eigenvalue weighted by Crippen LogP contribution is -2.53. The molecule has 0 aliphatic heterocycles. The number of nitrogens with one attached hydrogen (secondary N) is 1. The maximum atomic E-state index is 13.8. The fourth-order valence-electron chi connectivity index (χ4n) is 3.82. The molecule has 0 radical (unpaired) electrons. The number of hydrogen-bond donors (Lipinski definition) is 1. The van der Waals surface area contributed by atoms with Crippen molar-refractivity contribution in [2.75, 3.05) is 24.2 Å². The van der Waals surface area contributed by atoms with E-state index < -0.39 is 28.5 Å². The van der Waals surface area contributed by atoms with Crippen LogP contribution >= 0.6 is 0 Å². The van der Waals surface area contributed by atoms with Crippen molar-refractivity contribution in [2.45, 2.75) is 59.2 Å². The molecule has 0 saturated carbocycles. The molecule has 1 N–H and O–H groups in total. The Hall–Kier alpha value is -3.40. The second kappa shape index (κ2) is 13.2. The van der Waals surface area contributed by atoms with Gasteiger partial charge in [0.05, 0.1) is 19.1 Å². The first-order valence-corrected chi connectivity index (χ1v) is 14.1. The molecule has 9 nitrogen and oxygen atoms in total. The lowest BCUT2D eigenvalue weighted by Gasteiger charge is -2.33. The average Bonchev–Trinajstić information content (AvgIpc) is 2.86. The number of amides is 2. The monoisotopic (exact) mass is 531 g/mol. The number of Topliss-reactive ketones (excluding diaryl/α,β-unsaturated/α-hetero) is 1. The highest BCUT2D eigenvalue weighted by Gasteiger charge is 2.32. The Bertz CT molecular complexity index is 1210. The van der Waals surface area contributed by atoms with Crippen molar-refractivity contribution in [1.29, 1.82) is 0 Å². The van der Waals surface area contributed by atoms with Crippen LogP contribution in [0, 0.1) is 0 Å². The van der Waals surface area contributed by atoms with Gasteiger partial charge in [-0.25, -0.2) is 8.42 Å². The van der Waals surface area contributed by atoms with Gasteiger partial charge in [0.2, 0.25) is 21.8 Å². The van der Waals surface area contributed by atoms with E-state index in [1.807, 2.05) is 19.9 Å². The Morgan fingerprint density at radius 2 is 1.70 bits per heavy atom. The maximum absolute atomic E-state index is 13.8. The third kappa shape index (κ3) is 8.31. The zero-order valence-electron chi connectivity index (χ0n) is 22.4. The van der Waals surface area contributed by atoms with Gasteiger partial charge in [-0.15, -0.1) is 0 Å². The smallest absolute Gasteiger partial charge is 0.244 e. The summed E-state index contributed by atoms with van der Waals surface area (Å²) in [4.78, 5) is 40.2. The fourth-order valence-corrected chi connectivity index (χ4v) is 4.66. The second-order valence-corrected chi connectivity index (χ2v) is 10.9. The van der Waals surface area contributed by atoms with Crippen molar-refractivity contribution in [3.05, 3.63) is 59.7 Å². The van der Waals surface area contributed by atoms with Crippen LogP contribution in [0.1, 0.15) is 56.5 Å². The van der Waals surface area contributed by atoms with Crippen molar-refractivity contribution in [2.24, 2.45) is 0 Å². The molecule has 2 amide bonds. The number of hydrogen-bond acceptors (Lipinski definition) is 6. The van der Waals surface area contributed by atoms with Crippen LogP contribution in [-0.4, -0.2) is 62.9 Å². The van der Waals surface area contributed by atoms with Gasteiger partial charge in [-0.1, -0.05) is 38.1 Å². The quantitative estimate of drug-likeness (QED) is 0.397. The first kappa shape index (κ1) is 29.8. The van der Waals surface area contributed by atoms with E-state index in [4.69, 9.17) is 4.74 Å². The predicted molar refractivity (Wildman–Crippen MR) is 144 cm³/mol. The number of rotatable bonds is 13. The van der Waals surface area contributed by atoms with Crippen LogP contribution in [-0.2, 0) is 26.2 Å². The normalized spacial score (nSPS) is 12.8. The molecule has 202 valence electrons. The van der Waals surface area contributed by atoms with Gasteiger partial charge in [0.25, 0.3) is 0 Å². The molecule has 0 spiro atoms. The third-order valence-corrected chi connectivity index (χ3v) is 7.23. The number of carbonyl (C=O) groups excluding carboxylic acids is 3. The standard InChI is InChI=1S/C27H37N3O6S/c1-7-19(3)28-27(33)25(8-2)29(17-21-11-9-14-24(15-21)36-5)26(32)18-30(37(6,34)35)23-13-10-12-22(16-23)20(4)31/h9-16,19,25H,7-8,17-18H2,1-6H3,(H,28,33)/t19-,25-/m0/s1. The van der Waals surface area contributed by atoms with Crippen molar-refractivity contribution in [3.8, 4) is 5.75 Å². The number of ketones is 1. The lowest BCUT2D eigenvalue weighted by atomic mass is 10.1. The van der Waals surface area contributed by atoms with E-state index >= 15 is 0 Å². The summed E-state index contributed by atoms with van der Waals surface area (Å²) in [5.41, 5.74) is 1.25. The molecule has 2 rings (SSSR count). The fraction of sp³-hybridized carbons (Fsp3) is 0.444. The SMILES string of the molecule is CC[C@H](C)NC(=O)[C@H](CC)N(Cc1cccc(OC)c1)C(=O)CN(c1cccc(C(C)=O)c1)S(C)(=O)=O. The van der Waals surface area contributed by atoms with E-state index in [1.165, 1.54) is 31.1 Å². The summed E-state index contributed by atoms with van der Waals surface area (Å²) >= 11 is 0. The van der Waals surface area contributed by atoms with Gasteiger partial charge in [-0.05, 0) is 56.5 Å². The van der Waals surface area contributed by atoms with Crippen molar-refractivity contribution in [3.63, 3.8) is 0 Å². The second-order valence-electron chi connectivity index (χ2n) is 8.99. The van der Waals surface area contributed by atoms with Crippen LogP contribution in [0.5, 0.6) is 5.75 Å². The largest absolute Gasteiger partial charge is 0.497 e. The molecule has 0 aliphatic rings. The number of nitrogens with zero attached hydrogens (tertiary/aromatic N) is 2.